The van der Waals surface area contributed by atoms with Gasteiger partial charge in [0.05, 0.1) is 43.2 Å². The number of para-hydroxylation sites is 1. The molecule has 10 heteroatoms. The number of nitrogens with one attached hydrogen (secondary N) is 1. The molecule has 2 aromatic carbocycles. The van der Waals surface area contributed by atoms with E-state index in [1.807, 2.05) is 12.1 Å². The van der Waals surface area contributed by atoms with Gasteiger partial charge in [0, 0.05) is 23.5 Å². The highest BCUT2D eigenvalue weighted by Gasteiger charge is 2.45. The molecule has 3 aromatic rings. The Morgan fingerprint density at radius 3 is 2.07 bits per heavy atom. The van der Waals surface area contributed by atoms with E-state index in [0.717, 1.165) is 10.9 Å². The minimum Gasteiger partial charge on any atom is -0.548 e. The third-order valence-electron chi connectivity index (χ3n) is 4.80. The fourth-order valence-electron chi connectivity index (χ4n) is 3.44. The predicted octanol–water partition coefficient (Wildman–Crippen LogP) is 3.74. The monoisotopic (exact) mass is 469 g/mol. The molecule has 1 aliphatic heterocycles. The number of amides is 2. The van der Waals surface area contributed by atoms with Crippen LogP contribution in [-0.2, 0) is 11.2 Å². The number of nitrogens with zero attached hydrogens (tertiary/aromatic N) is 1. The molecule has 1 aromatic heterocycles. The van der Waals surface area contributed by atoms with E-state index in [-0.39, 0.29) is 37.6 Å². The van der Waals surface area contributed by atoms with Gasteiger partial charge in [-0.2, -0.15) is 0 Å². The number of rotatable bonds is 4. The maximum Gasteiger partial charge on any atom is 0.263 e. The Hall–Kier alpha value is -2.25. The summed E-state index contributed by atoms with van der Waals surface area (Å²) in [6.07, 6.45) is 1.45. The van der Waals surface area contributed by atoms with Crippen molar-refractivity contribution < 1.29 is 19.5 Å². The van der Waals surface area contributed by atoms with Crippen LogP contribution in [0.25, 0.3) is 10.9 Å². The van der Waals surface area contributed by atoms with Crippen LogP contribution in [0.2, 0.25) is 20.1 Å². The zero-order valence-electron chi connectivity index (χ0n) is 14.3. The van der Waals surface area contributed by atoms with Crippen LogP contribution in [0.3, 0.4) is 0 Å². The number of carboxylic acid groups (broad SMARTS) is 1. The first-order valence-electron chi connectivity index (χ1n) is 8.23. The summed E-state index contributed by atoms with van der Waals surface area (Å²) in [5, 5.41) is 11.8. The van der Waals surface area contributed by atoms with Crippen LogP contribution in [0.5, 0.6) is 0 Å². The quantitative estimate of drug-likeness (QED) is 0.357. The largest absolute Gasteiger partial charge is 0.548 e. The van der Waals surface area contributed by atoms with E-state index in [0.29, 0.717) is 10.5 Å². The number of carbonyl (C=O) groups is 3. The van der Waals surface area contributed by atoms with Gasteiger partial charge in [-0.3, -0.25) is 14.5 Å². The second-order valence-corrected chi connectivity index (χ2v) is 7.90. The lowest BCUT2D eigenvalue weighted by Gasteiger charge is -2.27. The van der Waals surface area contributed by atoms with Crippen molar-refractivity contribution in [3.05, 3.63) is 67.2 Å². The average molecular weight is 471 g/mol. The molecule has 0 aliphatic carbocycles. The summed E-state index contributed by atoms with van der Waals surface area (Å²) in [6.45, 7) is 0. The number of carboxylic acids is 1. The lowest BCUT2D eigenvalue weighted by Crippen LogP contribution is -2.51. The van der Waals surface area contributed by atoms with Crippen molar-refractivity contribution in [3.63, 3.8) is 0 Å². The van der Waals surface area contributed by atoms with E-state index in [9.17, 15) is 19.5 Å². The van der Waals surface area contributed by atoms with Crippen molar-refractivity contribution >= 4 is 75.1 Å². The summed E-state index contributed by atoms with van der Waals surface area (Å²) in [4.78, 5) is 41.4. The van der Waals surface area contributed by atoms with E-state index in [1.54, 1.807) is 18.3 Å². The molecule has 29 heavy (non-hydrogen) atoms. The van der Waals surface area contributed by atoms with Crippen LogP contribution in [0, 0.1) is 0 Å². The summed E-state index contributed by atoms with van der Waals surface area (Å²) in [5.41, 5.74) is 0.828. The number of aliphatic carboxylic acids is 1. The van der Waals surface area contributed by atoms with Crippen LogP contribution in [0.1, 0.15) is 26.3 Å². The molecule has 6 nitrogen and oxygen atoms in total. The number of imide groups is 1. The minimum absolute atomic E-state index is 0.172. The Bertz CT molecular complexity index is 1170. The number of aromatic amines is 1. The normalized spacial score (nSPS) is 14.6. The number of halogens is 4. The van der Waals surface area contributed by atoms with E-state index < -0.39 is 23.8 Å². The van der Waals surface area contributed by atoms with Crippen LogP contribution in [-0.4, -0.2) is 33.7 Å². The van der Waals surface area contributed by atoms with Gasteiger partial charge < -0.3 is 14.9 Å². The molecule has 0 saturated heterocycles. The van der Waals surface area contributed by atoms with Gasteiger partial charge in [-0.1, -0.05) is 64.6 Å². The molecular weight excluding hydrogens is 462 g/mol. The van der Waals surface area contributed by atoms with E-state index in [4.69, 9.17) is 46.4 Å². The highest BCUT2D eigenvalue weighted by molar-refractivity contribution is 6.55. The predicted molar refractivity (Wildman–Crippen MR) is 108 cm³/mol. The SMILES string of the molecule is O=C([O-])C(Cc1c[nH]c2ccccc12)N1C(=O)c2c(Cl)c(Cl)c(Cl)c(Cl)c2C1=O. The lowest BCUT2D eigenvalue weighted by atomic mass is 10.0. The standard InChI is InChI=1S/C19H10Cl4N2O4/c20-13-11-12(14(21)16(23)15(13)22)18(27)25(17(11)26)10(19(28)29)5-7-6-24-9-4-2-1-3-8(7)9/h1-4,6,10,24H,5H2,(H,28,29)/p-1. The molecule has 1 atom stereocenters. The number of carbonyl (C=O) groups excluding carboxylic acids is 3. The third-order valence-corrected chi connectivity index (χ3v) is 6.61. The molecule has 0 spiro atoms. The number of hydrogen-bond donors (Lipinski definition) is 1. The van der Waals surface area contributed by atoms with Gasteiger partial charge in [0.15, 0.2) is 0 Å². The first kappa shape index (κ1) is 20.0. The molecule has 1 aliphatic rings. The van der Waals surface area contributed by atoms with Crippen LogP contribution >= 0.6 is 46.4 Å². The first-order valence-corrected chi connectivity index (χ1v) is 9.74. The fraction of sp³-hybridized carbons (Fsp3) is 0.105. The second-order valence-electron chi connectivity index (χ2n) is 6.38. The summed E-state index contributed by atoms with van der Waals surface area (Å²) in [5.74, 6) is -3.46. The smallest absolute Gasteiger partial charge is 0.263 e. The number of benzene rings is 2. The van der Waals surface area contributed by atoms with Gasteiger partial charge in [-0.25, -0.2) is 0 Å². The maximum absolute atomic E-state index is 12.9. The number of aromatic nitrogens is 1. The van der Waals surface area contributed by atoms with E-state index >= 15 is 0 Å². The molecule has 148 valence electrons. The van der Waals surface area contributed by atoms with Crippen molar-refractivity contribution in [1.29, 1.82) is 0 Å². The first-order chi connectivity index (χ1) is 13.7. The molecular formula is C19H9Cl4N2O4-. The van der Waals surface area contributed by atoms with Gasteiger partial charge in [0.25, 0.3) is 11.8 Å². The molecule has 0 bridgehead atoms. The third kappa shape index (κ3) is 2.99. The Balaban J connectivity index is 1.80. The summed E-state index contributed by atoms with van der Waals surface area (Å²) >= 11 is 24.2. The molecule has 0 fully saturated rings. The van der Waals surface area contributed by atoms with Crippen LogP contribution < -0.4 is 5.11 Å². The lowest BCUT2D eigenvalue weighted by molar-refractivity contribution is -0.310. The van der Waals surface area contributed by atoms with Crippen molar-refractivity contribution in [2.45, 2.75) is 12.5 Å². The van der Waals surface area contributed by atoms with Gasteiger partial charge in [0.1, 0.15) is 0 Å². The van der Waals surface area contributed by atoms with Gasteiger partial charge >= 0.3 is 0 Å². The second kappa shape index (κ2) is 7.22. The Labute approximate surface area is 183 Å². The van der Waals surface area contributed by atoms with Gasteiger partial charge in [0.2, 0.25) is 0 Å². The molecule has 2 amide bonds. The van der Waals surface area contributed by atoms with Gasteiger partial charge in [-0.05, 0) is 11.6 Å². The number of fused-ring (bicyclic) bond motifs is 2. The van der Waals surface area contributed by atoms with Crippen LogP contribution in [0.4, 0.5) is 0 Å². The highest BCUT2D eigenvalue weighted by Crippen LogP contribution is 2.45. The van der Waals surface area contributed by atoms with Crippen molar-refractivity contribution in [3.8, 4) is 0 Å². The van der Waals surface area contributed by atoms with E-state index in [1.165, 1.54) is 0 Å². The summed E-state index contributed by atoms with van der Waals surface area (Å²) < 4.78 is 0. The molecule has 0 saturated carbocycles. The van der Waals surface area contributed by atoms with Crippen molar-refractivity contribution in [1.82, 2.24) is 9.88 Å². The molecule has 4 rings (SSSR count). The molecule has 0 radical (unpaired) electrons. The van der Waals surface area contributed by atoms with Crippen LogP contribution in [0.15, 0.2) is 30.5 Å². The summed E-state index contributed by atoms with van der Waals surface area (Å²) in [6, 6.07) is 5.63. The number of H-pyrrole nitrogens is 1. The Morgan fingerprint density at radius 1 is 0.966 bits per heavy atom. The maximum atomic E-state index is 12.9. The highest BCUT2D eigenvalue weighted by atomic mass is 35.5. The van der Waals surface area contributed by atoms with Gasteiger partial charge in [-0.15, -0.1) is 0 Å². The average Bonchev–Trinajstić information content (AvgIpc) is 3.21. The van der Waals surface area contributed by atoms with Crippen molar-refractivity contribution in [2.75, 3.05) is 0 Å². The minimum atomic E-state index is -1.60. The Kier molecular flexibility index (Phi) is 4.99. The fourth-order valence-corrected chi connectivity index (χ4v) is 4.45. The topological polar surface area (TPSA) is 93.3 Å². The Morgan fingerprint density at radius 2 is 1.52 bits per heavy atom. The zero-order chi connectivity index (χ0) is 21.0. The molecule has 1 unspecified atom stereocenters. The summed E-state index contributed by atoms with van der Waals surface area (Å²) in [7, 11) is 0. The van der Waals surface area contributed by atoms with Crippen molar-refractivity contribution in [2.24, 2.45) is 0 Å². The molecule has 1 N–H and O–H groups in total. The molecule has 2 heterocycles. The zero-order valence-corrected chi connectivity index (χ0v) is 17.3. The number of hydrogen-bond acceptors (Lipinski definition) is 4. The van der Waals surface area contributed by atoms with E-state index in [2.05, 4.69) is 4.98 Å².